The van der Waals surface area contributed by atoms with E-state index in [4.69, 9.17) is 15.2 Å². The molecule has 0 saturated carbocycles. The zero-order valence-corrected chi connectivity index (χ0v) is 15.6. The first kappa shape index (κ1) is 18.0. The Balaban J connectivity index is 1.71. The maximum atomic E-state index is 6.07. The van der Waals surface area contributed by atoms with E-state index in [-0.39, 0.29) is 5.41 Å². The van der Waals surface area contributed by atoms with Crippen LogP contribution < -0.4 is 20.5 Å². The van der Waals surface area contributed by atoms with Gasteiger partial charge >= 0.3 is 0 Å². The lowest BCUT2D eigenvalue weighted by molar-refractivity contribution is 0.297. The van der Waals surface area contributed by atoms with Crippen LogP contribution in [0.1, 0.15) is 38.3 Å². The van der Waals surface area contributed by atoms with Gasteiger partial charge in [-0.1, -0.05) is 20.8 Å². The smallest absolute Gasteiger partial charge is 0.193 e. The minimum atomic E-state index is 0.0321. The van der Waals surface area contributed by atoms with Crippen LogP contribution in [-0.4, -0.2) is 24.2 Å². The highest BCUT2D eigenvalue weighted by atomic mass is 16.5. The lowest BCUT2D eigenvalue weighted by atomic mass is 9.85. The zero-order valence-electron chi connectivity index (χ0n) is 15.6. The largest absolute Gasteiger partial charge is 0.490 e. The average molecular weight is 354 g/mol. The van der Waals surface area contributed by atoms with Crippen LogP contribution in [0.2, 0.25) is 0 Å². The molecule has 0 unspecified atom stereocenters. The van der Waals surface area contributed by atoms with Gasteiger partial charge in [0.25, 0.3) is 0 Å². The van der Waals surface area contributed by atoms with Crippen molar-refractivity contribution in [2.24, 2.45) is 10.7 Å². The van der Waals surface area contributed by atoms with Crippen molar-refractivity contribution in [1.29, 1.82) is 0 Å². The quantitative estimate of drug-likeness (QED) is 0.651. The van der Waals surface area contributed by atoms with Crippen molar-refractivity contribution in [2.45, 2.75) is 39.2 Å². The lowest BCUT2D eigenvalue weighted by Crippen LogP contribution is -2.23. The Morgan fingerprint density at radius 3 is 2.73 bits per heavy atom. The summed E-state index contributed by atoms with van der Waals surface area (Å²) in [5, 5.41) is 3.11. The van der Waals surface area contributed by atoms with Crippen LogP contribution in [0.3, 0.4) is 0 Å². The molecule has 3 rings (SSSR count). The number of nitrogens with zero attached hydrogens (tertiary/aromatic N) is 2. The molecule has 0 atom stereocenters. The Labute approximate surface area is 154 Å². The summed E-state index contributed by atoms with van der Waals surface area (Å²) in [4.78, 5) is 8.68. The van der Waals surface area contributed by atoms with E-state index in [1.165, 1.54) is 5.56 Å². The molecular formula is C20H26N4O2. The Hall–Kier alpha value is -2.76. The first-order valence-electron chi connectivity index (χ1n) is 8.83. The molecule has 0 fully saturated rings. The average Bonchev–Trinajstić information content (AvgIpc) is 2.84. The Bertz CT molecular complexity index is 797. The number of hydrogen-bond acceptors (Lipinski definition) is 4. The Morgan fingerprint density at radius 1 is 1.19 bits per heavy atom. The van der Waals surface area contributed by atoms with E-state index in [2.05, 4.69) is 36.1 Å². The number of guanidine groups is 1. The van der Waals surface area contributed by atoms with Crippen molar-refractivity contribution in [3.63, 3.8) is 0 Å². The molecule has 0 saturated heterocycles. The minimum absolute atomic E-state index is 0.0321. The van der Waals surface area contributed by atoms with Crippen LogP contribution in [0.15, 0.2) is 41.7 Å². The molecule has 1 aromatic carbocycles. The van der Waals surface area contributed by atoms with E-state index in [9.17, 15) is 0 Å². The molecule has 3 N–H and O–H groups in total. The molecular weight excluding hydrogens is 328 g/mol. The number of aliphatic imine (C=N–C) groups is 1. The number of hydrogen-bond donors (Lipinski definition) is 2. The zero-order chi connectivity index (χ0) is 18.6. The summed E-state index contributed by atoms with van der Waals surface area (Å²) in [5.74, 6) is 1.83. The third-order valence-electron chi connectivity index (χ3n) is 4.15. The normalized spacial score (nSPS) is 14.7. The molecule has 0 radical (unpaired) electrons. The summed E-state index contributed by atoms with van der Waals surface area (Å²) >= 11 is 0. The van der Waals surface area contributed by atoms with E-state index in [1.54, 1.807) is 0 Å². The number of benzene rings is 1. The summed E-state index contributed by atoms with van der Waals surface area (Å²) in [7, 11) is 0. The number of rotatable bonds is 3. The number of nitrogens with two attached hydrogens (primary N) is 1. The van der Waals surface area contributed by atoms with Crippen LogP contribution in [-0.2, 0) is 12.0 Å². The number of anilines is 1. The number of aromatic nitrogens is 1. The van der Waals surface area contributed by atoms with Crippen LogP contribution in [0.5, 0.6) is 11.5 Å². The molecule has 0 amide bonds. The highest BCUT2D eigenvalue weighted by Gasteiger charge is 2.17. The van der Waals surface area contributed by atoms with Gasteiger partial charge in [0.15, 0.2) is 17.5 Å². The van der Waals surface area contributed by atoms with Gasteiger partial charge in [-0.2, -0.15) is 0 Å². The van der Waals surface area contributed by atoms with Gasteiger partial charge in [-0.25, -0.2) is 4.99 Å². The van der Waals surface area contributed by atoms with Crippen molar-refractivity contribution in [3.8, 4) is 11.5 Å². The highest BCUT2D eigenvalue weighted by molar-refractivity contribution is 5.92. The molecule has 2 aromatic rings. The molecule has 6 nitrogen and oxygen atoms in total. The topological polar surface area (TPSA) is 81.8 Å². The lowest BCUT2D eigenvalue weighted by Gasteiger charge is -2.21. The number of pyridine rings is 1. The maximum absolute atomic E-state index is 6.07. The van der Waals surface area contributed by atoms with Gasteiger partial charge in [-0.05, 0) is 34.7 Å². The van der Waals surface area contributed by atoms with Crippen molar-refractivity contribution in [3.05, 3.63) is 47.8 Å². The van der Waals surface area contributed by atoms with E-state index >= 15 is 0 Å². The summed E-state index contributed by atoms with van der Waals surface area (Å²) < 4.78 is 11.3. The first-order chi connectivity index (χ1) is 12.4. The predicted molar refractivity (Wildman–Crippen MR) is 104 cm³/mol. The molecule has 2 heterocycles. The molecule has 138 valence electrons. The Kier molecular flexibility index (Phi) is 5.30. The fraction of sp³-hybridized carbons (Fsp3) is 0.400. The van der Waals surface area contributed by atoms with E-state index in [1.807, 2.05) is 36.7 Å². The molecule has 26 heavy (non-hydrogen) atoms. The molecule has 0 bridgehead atoms. The Morgan fingerprint density at radius 2 is 1.96 bits per heavy atom. The van der Waals surface area contributed by atoms with Gasteiger partial charge in [0.2, 0.25) is 0 Å². The molecule has 1 aliphatic heterocycles. The summed E-state index contributed by atoms with van der Waals surface area (Å²) in [5.41, 5.74) is 9.21. The third-order valence-corrected chi connectivity index (χ3v) is 4.15. The van der Waals surface area contributed by atoms with E-state index in [0.717, 1.165) is 29.2 Å². The van der Waals surface area contributed by atoms with Crippen LogP contribution in [0.4, 0.5) is 5.69 Å². The van der Waals surface area contributed by atoms with Gasteiger partial charge in [0.1, 0.15) is 0 Å². The fourth-order valence-electron chi connectivity index (χ4n) is 2.88. The molecule has 0 spiro atoms. The molecule has 1 aliphatic rings. The summed E-state index contributed by atoms with van der Waals surface area (Å²) in [6.07, 6.45) is 4.54. The van der Waals surface area contributed by atoms with E-state index in [0.29, 0.717) is 25.7 Å². The summed E-state index contributed by atoms with van der Waals surface area (Å²) in [6.45, 7) is 8.32. The number of ether oxygens (including phenoxy) is 2. The van der Waals surface area contributed by atoms with Gasteiger partial charge in [0, 0.05) is 30.6 Å². The second-order valence-corrected chi connectivity index (χ2v) is 7.32. The number of fused-ring (bicyclic) bond motifs is 1. The SMILES string of the molecule is CC(C)(C)c1ccncc1CN=C(N)Nc1ccc2c(c1)OCCCO2. The van der Waals surface area contributed by atoms with Crippen molar-refractivity contribution < 1.29 is 9.47 Å². The van der Waals surface area contributed by atoms with Crippen molar-refractivity contribution in [1.82, 2.24) is 4.98 Å². The van der Waals surface area contributed by atoms with Gasteiger partial charge in [0.05, 0.1) is 19.8 Å². The standard InChI is InChI=1S/C20H26N4O2/c1-20(2,3)16-7-8-22-12-14(16)13-23-19(21)24-15-5-6-17-18(11-15)26-10-4-9-25-17/h5-8,11-12H,4,9-10,13H2,1-3H3,(H3,21,23,24). The van der Waals surface area contributed by atoms with Crippen LogP contribution in [0, 0.1) is 0 Å². The van der Waals surface area contributed by atoms with Crippen molar-refractivity contribution in [2.75, 3.05) is 18.5 Å². The minimum Gasteiger partial charge on any atom is -0.490 e. The van der Waals surface area contributed by atoms with E-state index < -0.39 is 0 Å². The van der Waals surface area contributed by atoms with Crippen molar-refractivity contribution >= 4 is 11.6 Å². The van der Waals surface area contributed by atoms with Crippen LogP contribution >= 0.6 is 0 Å². The third kappa shape index (κ3) is 4.45. The monoisotopic (exact) mass is 354 g/mol. The van der Waals surface area contributed by atoms with Gasteiger partial charge < -0.3 is 20.5 Å². The highest BCUT2D eigenvalue weighted by Crippen LogP contribution is 2.32. The van der Waals surface area contributed by atoms with Gasteiger partial charge in [-0.3, -0.25) is 4.98 Å². The molecule has 6 heteroatoms. The van der Waals surface area contributed by atoms with Crippen LogP contribution in [0.25, 0.3) is 0 Å². The molecule has 0 aliphatic carbocycles. The second kappa shape index (κ2) is 7.64. The first-order valence-corrected chi connectivity index (χ1v) is 8.83. The fourth-order valence-corrected chi connectivity index (χ4v) is 2.88. The maximum Gasteiger partial charge on any atom is 0.193 e. The van der Waals surface area contributed by atoms with Gasteiger partial charge in [-0.15, -0.1) is 0 Å². The molecule has 1 aromatic heterocycles. The predicted octanol–water partition coefficient (Wildman–Crippen LogP) is 3.47. The number of nitrogens with one attached hydrogen (secondary N) is 1. The summed E-state index contributed by atoms with van der Waals surface area (Å²) in [6, 6.07) is 7.71. The second-order valence-electron chi connectivity index (χ2n) is 7.32.